The Morgan fingerprint density at radius 3 is 2.36 bits per heavy atom. The molecule has 1 atom stereocenters. The number of carbonyl (C=O) groups excluding carboxylic acids is 1. The topological polar surface area (TPSA) is 58.9 Å². The summed E-state index contributed by atoms with van der Waals surface area (Å²) in [6.07, 6.45) is 2.28. The Morgan fingerprint density at radius 2 is 1.84 bits per heavy atom. The van der Waals surface area contributed by atoms with E-state index in [9.17, 15) is 9.90 Å². The van der Waals surface area contributed by atoms with Gasteiger partial charge in [0.2, 0.25) is 0 Å². The van der Waals surface area contributed by atoms with Gasteiger partial charge in [0.15, 0.2) is 5.78 Å². The Hall–Kier alpha value is -2.10. The van der Waals surface area contributed by atoms with E-state index < -0.39 is 0 Å². The summed E-state index contributed by atoms with van der Waals surface area (Å²) in [4.78, 5) is 18.0. The van der Waals surface area contributed by atoms with Crippen LogP contribution >= 0.6 is 0 Å². The molecule has 0 aromatic heterocycles. The number of aliphatic hydroxyl groups is 1. The summed E-state index contributed by atoms with van der Waals surface area (Å²) >= 11 is 0. The lowest BCUT2D eigenvalue weighted by atomic mass is 9.78. The molecule has 1 aromatic rings. The zero-order chi connectivity index (χ0) is 18.6. The van der Waals surface area contributed by atoms with Crippen LogP contribution in [-0.2, 0) is 9.63 Å². The van der Waals surface area contributed by atoms with Crippen LogP contribution < -0.4 is 0 Å². The first-order valence-electron chi connectivity index (χ1n) is 9.11. The highest BCUT2D eigenvalue weighted by atomic mass is 16.6. The minimum atomic E-state index is -0.0474. The zero-order valence-corrected chi connectivity index (χ0v) is 16.0. The van der Waals surface area contributed by atoms with Crippen molar-refractivity contribution in [3.8, 4) is 0 Å². The summed E-state index contributed by atoms with van der Waals surface area (Å²) in [6.45, 7) is 10.7. The summed E-state index contributed by atoms with van der Waals surface area (Å²) < 4.78 is 0. The van der Waals surface area contributed by atoms with Crippen LogP contribution in [0.4, 0.5) is 0 Å². The molecule has 0 fully saturated rings. The average molecular weight is 343 g/mol. The third-order valence-corrected chi connectivity index (χ3v) is 4.68. The molecule has 136 valence electrons. The molecular formula is C21H29NO3. The van der Waals surface area contributed by atoms with Crippen molar-refractivity contribution in [2.24, 2.45) is 5.16 Å². The number of allylic oxidation sites excluding steroid dienone is 2. The SMILES string of the molecule is CCCO/N=C(\CC)C1=C(O)CC(c2c(C)cc(C)cc2C)CC1=O. The van der Waals surface area contributed by atoms with Gasteiger partial charge in [-0.05, 0) is 56.2 Å². The third-order valence-electron chi connectivity index (χ3n) is 4.68. The average Bonchev–Trinajstić information content (AvgIpc) is 2.51. The molecule has 1 N–H and O–H groups in total. The number of benzene rings is 1. The highest BCUT2D eigenvalue weighted by Gasteiger charge is 2.32. The first-order valence-corrected chi connectivity index (χ1v) is 9.11. The van der Waals surface area contributed by atoms with E-state index in [4.69, 9.17) is 4.84 Å². The van der Waals surface area contributed by atoms with Crippen molar-refractivity contribution >= 4 is 11.5 Å². The van der Waals surface area contributed by atoms with Gasteiger partial charge in [-0.3, -0.25) is 4.79 Å². The van der Waals surface area contributed by atoms with Gasteiger partial charge in [-0.2, -0.15) is 0 Å². The van der Waals surface area contributed by atoms with Gasteiger partial charge in [0.05, 0.1) is 11.3 Å². The molecule has 0 radical (unpaired) electrons. The van der Waals surface area contributed by atoms with E-state index in [0.29, 0.717) is 37.2 Å². The maximum Gasteiger partial charge on any atom is 0.168 e. The minimum Gasteiger partial charge on any atom is -0.511 e. The quantitative estimate of drug-likeness (QED) is 0.446. The molecule has 0 saturated heterocycles. The number of hydrogen-bond acceptors (Lipinski definition) is 4. The molecule has 0 spiro atoms. The van der Waals surface area contributed by atoms with Crippen LogP contribution in [0.3, 0.4) is 0 Å². The maximum atomic E-state index is 12.8. The number of aryl methyl sites for hydroxylation is 3. The van der Waals surface area contributed by atoms with Gasteiger partial charge in [-0.15, -0.1) is 0 Å². The van der Waals surface area contributed by atoms with Crippen molar-refractivity contribution in [1.29, 1.82) is 0 Å². The molecule has 2 rings (SSSR count). The van der Waals surface area contributed by atoms with E-state index in [1.165, 1.54) is 22.3 Å². The van der Waals surface area contributed by atoms with Gasteiger partial charge >= 0.3 is 0 Å². The Morgan fingerprint density at radius 1 is 1.20 bits per heavy atom. The third kappa shape index (κ3) is 4.30. The predicted octanol–water partition coefficient (Wildman–Crippen LogP) is 5.06. The van der Waals surface area contributed by atoms with Gasteiger partial charge in [-0.25, -0.2) is 0 Å². The molecule has 1 aliphatic rings. The van der Waals surface area contributed by atoms with E-state index in [2.05, 4.69) is 38.1 Å². The first kappa shape index (κ1) is 19.2. The summed E-state index contributed by atoms with van der Waals surface area (Å²) in [6, 6.07) is 4.28. The van der Waals surface area contributed by atoms with Crippen molar-refractivity contribution in [2.75, 3.05) is 6.61 Å². The molecule has 0 aliphatic heterocycles. The van der Waals surface area contributed by atoms with E-state index >= 15 is 0 Å². The molecule has 0 saturated carbocycles. The van der Waals surface area contributed by atoms with Crippen LogP contribution in [0.25, 0.3) is 0 Å². The summed E-state index contributed by atoms with van der Waals surface area (Å²) in [5.41, 5.74) is 5.67. The number of hydrogen-bond donors (Lipinski definition) is 1. The van der Waals surface area contributed by atoms with Crippen LogP contribution in [0.2, 0.25) is 0 Å². The molecule has 1 aromatic carbocycles. The number of oxime groups is 1. The summed E-state index contributed by atoms with van der Waals surface area (Å²) in [5.74, 6) is 0.113. The van der Waals surface area contributed by atoms with Gasteiger partial charge < -0.3 is 9.94 Å². The van der Waals surface area contributed by atoms with Crippen LogP contribution in [0.1, 0.15) is 67.7 Å². The Bertz CT molecular complexity index is 693. The van der Waals surface area contributed by atoms with Gasteiger partial charge in [0.25, 0.3) is 0 Å². The highest BCUT2D eigenvalue weighted by Crippen LogP contribution is 2.37. The van der Waals surface area contributed by atoms with Crippen molar-refractivity contribution in [1.82, 2.24) is 0 Å². The molecule has 0 heterocycles. The van der Waals surface area contributed by atoms with Crippen LogP contribution in [0.15, 0.2) is 28.6 Å². The van der Waals surface area contributed by atoms with Crippen molar-refractivity contribution in [3.63, 3.8) is 0 Å². The number of ketones is 1. The fourth-order valence-electron chi connectivity index (χ4n) is 3.76. The number of aliphatic hydroxyl groups excluding tert-OH is 1. The molecule has 4 heteroatoms. The zero-order valence-electron chi connectivity index (χ0n) is 16.0. The lowest BCUT2D eigenvalue weighted by molar-refractivity contribution is -0.116. The van der Waals surface area contributed by atoms with Gasteiger partial charge in [0.1, 0.15) is 12.4 Å². The first-order chi connectivity index (χ1) is 11.9. The molecule has 0 amide bonds. The largest absolute Gasteiger partial charge is 0.511 e. The fraction of sp³-hybridized carbons (Fsp3) is 0.524. The normalized spacial score (nSPS) is 18.7. The Kier molecular flexibility index (Phi) is 6.40. The van der Waals surface area contributed by atoms with E-state index in [1.807, 2.05) is 13.8 Å². The molecule has 0 bridgehead atoms. The summed E-state index contributed by atoms with van der Waals surface area (Å²) in [7, 11) is 0. The molecule has 25 heavy (non-hydrogen) atoms. The van der Waals surface area contributed by atoms with Crippen molar-refractivity contribution in [3.05, 3.63) is 45.7 Å². The second-order valence-corrected chi connectivity index (χ2v) is 6.89. The van der Waals surface area contributed by atoms with E-state index in [0.717, 1.165) is 6.42 Å². The summed E-state index contributed by atoms with van der Waals surface area (Å²) in [5, 5.41) is 14.7. The Balaban J connectivity index is 2.34. The van der Waals surface area contributed by atoms with Crippen molar-refractivity contribution < 1.29 is 14.7 Å². The lowest BCUT2D eigenvalue weighted by Crippen LogP contribution is -2.24. The van der Waals surface area contributed by atoms with E-state index in [1.54, 1.807) is 0 Å². The lowest BCUT2D eigenvalue weighted by Gasteiger charge is -2.27. The molecular weight excluding hydrogens is 314 g/mol. The second kappa shape index (κ2) is 8.32. The van der Waals surface area contributed by atoms with E-state index in [-0.39, 0.29) is 17.5 Å². The second-order valence-electron chi connectivity index (χ2n) is 6.89. The molecule has 1 unspecified atom stereocenters. The number of carbonyl (C=O) groups is 1. The van der Waals surface area contributed by atoms with Crippen LogP contribution in [0.5, 0.6) is 0 Å². The molecule has 4 nitrogen and oxygen atoms in total. The Labute approximate surface area is 150 Å². The monoisotopic (exact) mass is 343 g/mol. The maximum absolute atomic E-state index is 12.8. The van der Waals surface area contributed by atoms with Gasteiger partial charge in [-0.1, -0.05) is 36.7 Å². The number of rotatable bonds is 6. The highest BCUT2D eigenvalue weighted by molar-refractivity contribution is 6.23. The fourth-order valence-corrected chi connectivity index (χ4v) is 3.76. The minimum absolute atomic E-state index is 0.0199. The van der Waals surface area contributed by atoms with Crippen LogP contribution in [0, 0.1) is 20.8 Å². The standard InChI is InChI=1S/C21H29NO3/c1-6-8-25-22-17(7-2)21-18(23)11-16(12-19(21)24)20-14(4)9-13(3)10-15(20)5/h9-10,16,23H,6-8,11-12H2,1-5H3/b22-17+. The molecule has 1 aliphatic carbocycles. The number of nitrogens with zero attached hydrogens (tertiary/aromatic N) is 1. The van der Waals surface area contributed by atoms with Crippen LogP contribution in [-0.4, -0.2) is 23.2 Å². The van der Waals surface area contributed by atoms with Crippen molar-refractivity contribution in [2.45, 2.75) is 66.2 Å². The van der Waals surface area contributed by atoms with Gasteiger partial charge in [0, 0.05) is 12.8 Å². The number of Topliss-reactive ketones (excluding diaryl/α,β-unsaturated/α-hetero) is 1. The predicted molar refractivity (Wildman–Crippen MR) is 101 cm³/mol. The smallest absolute Gasteiger partial charge is 0.168 e.